The molecule has 5 heteroatoms. The molecule has 1 spiro atoms. The number of hydrogen-bond acceptors (Lipinski definition) is 4. The zero-order valence-electron chi connectivity index (χ0n) is 18.5. The average Bonchev–Trinajstić information content (AvgIpc) is 3.30. The molecule has 32 heavy (non-hydrogen) atoms. The zero-order valence-corrected chi connectivity index (χ0v) is 18.5. The van der Waals surface area contributed by atoms with E-state index in [1.165, 1.54) is 0 Å². The molecule has 166 valence electrons. The van der Waals surface area contributed by atoms with E-state index in [9.17, 15) is 4.79 Å². The molecule has 0 aliphatic carbocycles. The first kappa shape index (κ1) is 20.8. The Hall–Kier alpha value is -3.05. The maximum atomic E-state index is 12.9. The lowest BCUT2D eigenvalue weighted by Gasteiger charge is -2.46. The van der Waals surface area contributed by atoms with Crippen LogP contribution in [0.5, 0.6) is 5.75 Å². The lowest BCUT2D eigenvalue weighted by Crippen LogP contribution is -2.51. The number of nitrogens with zero attached hydrogens (tertiary/aromatic N) is 1. The number of para-hydroxylation sites is 1. The number of hydrogen-bond donors (Lipinski definition) is 1. The Morgan fingerprint density at radius 1 is 1.03 bits per heavy atom. The van der Waals surface area contributed by atoms with Gasteiger partial charge in [-0.2, -0.15) is 0 Å². The fourth-order valence-corrected chi connectivity index (χ4v) is 4.85. The maximum absolute atomic E-state index is 12.9. The van der Waals surface area contributed by atoms with E-state index in [1.54, 1.807) is 0 Å². The van der Waals surface area contributed by atoms with Crippen molar-refractivity contribution in [2.75, 3.05) is 20.1 Å². The maximum Gasteiger partial charge on any atom is 0.220 e. The third kappa shape index (κ3) is 4.44. The van der Waals surface area contributed by atoms with Crippen molar-refractivity contribution in [2.24, 2.45) is 0 Å². The van der Waals surface area contributed by atoms with Gasteiger partial charge in [0, 0.05) is 43.5 Å². The normalized spacial score (nSPS) is 19.8. The van der Waals surface area contributed by atoms with Gasteiger partial charge in [0.05, 0.1) is 6.04 Å². The van der Waals surface area contributed by atoms with E-state index in [1.807, 2.05) is 60.7 Å². The molecule has 0 radical (unpaired) electrons. The van der Waals surface area contributed by atoms with Gasteiger partial charge in [0.1, 0.15) is 22.9 Å². The number of carbonyl (C=O) groups is 1. The lowest BCUT2D eigenvalue weighted by molar-refractivity contribution is -0.122. The van der Waals surface area contributed by atoms with Crippen LogP contribution in [0.3, 0.4) is 0 Å². The Bertz CT molecular complexity index is 1070. The summed E-state index contributed by atoms with van der Waals surface area (Å²) in [5, 5.41) is 3.29. The van der Waals surface area contributed by atoms with Crippen molar-refractivity contribution < 1.29 is 13.9 Å². The molecule has 3 aromatic rings. The Morgan fingerprint density at radius 3 is 2.59 bits per heavy atom. The van der Waals surface area contributed by atoms with Gasteiger partial charge in [-0.3, -0.25) is 4.79 Å². The molecule has 2 aromatic carbocycles. The number of benzene rings is 2. The molecule has 0 saturated carbocycles. The number of nitrogens with one attached hydrogen (secondary N) is 1. The Labute approximate surface area is 189 Å². The van der Waals surface area contributed by atoms with Crippen LogP contribution in [-0.4, -0.2) is 36.5 Å². The highest BCUT2D eigenvalue weighted by Gasteiger charge is 2.43. The van der Waals surface area contributed by atoms with Crippen LogP contribution in [0.15, 0.2) is 71.1 Å². The molecule has 2 aliphatic rings. The SMILES string of the molecule is CN1CCC2(CC1)C[C@@H](NC(=O)CCc1ccc(-c3ccccc3)o1)c1ccccc1O2. The van der Waals surface area contributed by atoms with Crippen molar-refractivity contribution in [3.8, 4) is 17.1 Å². The third-order valence-electron chi connectivity index (χ3n) is 6.75. The van der Waals surface area contributed by atoms with Gasteiger partial charge in [0.2, 0.25) is 5.91 Å². The van der Waals surface area contributed by atoms with Crippen molar-refractivity contribution in [1.29, 1.82) is 0 Å². The summed E-state index contributed by atoms with van der Waals surface area (Å²) < 4.78 is 12.5. The van der Waals surface area contributed by atoms with Gasteiger partial charge >= 0.3 is 0 Å². The standard InChI is InChI=1S/C27H30N2O3/c1-29-17-15-27(16-18-29)19-23(22-9-5-6-10-25(22)32-27)28-26(30)14-12-21-11-13-24(31-21)20-7-3-2-4-8-20/h2-11,13,23H,12,14-19H2,1H3,(H,28,30)/t23-/m1/s1. The quantitative estimate of drug-likeness (QED) is 0.620. The summed E-state index contributed by atoms with van der Waals surface area (Å²) in [6.45, 7) is 2.04. The fourth-order valence-electron chi connectivity index (χ4n) is 4.85. The number of rotatable bonds is 5. The summed E-state index contributed by atoms with van der Waals surface area (Å²) in [6, 6.07) is 22.1. The smallest absolute Gasteiger partial charge is 0.220 e. The second-order valence-electron chi connectivity index (χ2n) is 9.08. The summed E-state index contributed by atoms with van der Waals surface area (Å²) in [7, 11) is 2.15. The highest BCUT2D eigenvalue weighted by molar-refractivity contribution is 5.77. The van der Waals surface area contributed by atoms with Crippen LogP contribution in [0, 0.1) is 0 Å². The molecular formula is C27H30N2O3. The van der Waals surface area contributed by atoms with E-state index >= 15 is 0 Å². The molecular weight excluding hydrogens is 400 g/mol. The first-order valence-corrected chi connectivity index (χ1v) is 11.5. The molecule has 0 bridgehead atoms. The second-order valence-corrected chi connectivity index (χ2v) is 9.08. The fraction of sp³-hybridized carbons (Fsp3) is 0.370. The first-order chi connectivity index (χ1) is 15.6. The summed E-state index contributed by atoms with van der Waals surface area (Å²) in [6.07, 6.45) is 3.77. The predicted molar refractivity (Wildman–Crippen MR) is 124 cm³/mol. The van der Waals surface area contributed by atoms with E-state index in [-0.39, 0.29) is 17.6 Å². The van der Waals surface area contributed by atoms with Gasteiger partial charge in [-0.25, -0.2) is 0 Å². The topological polar surface area (TPSA) is 54.7 Å². The molecule has 2 aliphatic heterocycles. The molecule has 1 N–H and O–H groups in total. The molecule has 1 saturated heterocycles. The monoisotopic (exact) mass is 430 g/mol. The minimum absolute atomic E-state index is 0.0210. The van der Waals surface area contributed by atoms with Crippen LogP contribution in [0.25, 0.3) is 11.3 Å². The molecule has 1 amide bonds. The number of ether oxygens (including phenoxy) is 1. The van der Waals surface area contributed by atoms with Crippen LogP contribution in [0.1, 0.15) is 43.0 Å². The van der Waals surface area contributed by atoms with E-state index in [4.69, 9.17) is 9.15 Å². The highest BCUT2D eigenvalue weighted by atomic mass is 16.5. The second kappa shape index (κ2) is 8.83. The number of piperidine rings is 1. The number of amides is 1. The van der Waals surface area contributed by atoms with Crippen molar-refractivity contribution in [3.05, 3.63) is 78.1 Å². The van der Waals surface area contributed by atoms with Crippen molar-refractivity contribution in [1.82, 2.24) is 10.2 Å². The molecule has 0 unspecified atom stereocenters. The number of likely N-dealkylation sites (tertiary alicyclic amines) is 1. The van der Waals surface area contributed by atoms with E-state index < -0.39 is 0 Å². The molecule has 1 fully saturated rings. The molecule has 5 nitrogen and oxygen atoms in total. The van der Waals surface area contributed by atoms with E-state index in [0.717, 1.165) is 60.7 Å². The third-order valence-corrected chi connectivity index (χ3v) is 6.75. The van der Waals surface area contributed by atoms with Crippen LogP contribution in [0.2, 0.25) is 0 Å². The van der Waals surface area contributed by atoms with Gasteiger partial charge in [0.25, 0.3) is 0 Å². The van der Waals surface area contributed by atoms with E-state index in [0.29, 0.717) is 12.8 Å². The summed E-state index contributed by atoms with van der Waals surface area (Å²) >= 11 is 0. The van der Waals surface area contributed by atoms with Crippen LogP contribution < -0.4 is 10.1 Å². The minimum Gasteiger partial charge on any atom is -0.487 e. The zero-order chi connectivity index (χ0) is 22.0. The van der Waals surface area contributed by atoms with Gasteiger partial charge in [-0.15, -0.1) is 0 Å². The Kier molecular flexibility index (Phi) is 5.75. The van der Waals surface area contributed by atoms with Crippen LogP contribution in [-0.2, 0) is 11.2 Å². The Morgan fingerprint density at radius 2 is 1.78 bits per heavy atom. The largest absolute Gasteiger partial charge is 0.487 e. The average molecular weight is 431 g/mol. The molecule has 5 rings (SSSR count). The summed E-state index contributed by atoms with van der Waals surface area (Å²) in [5.74, 6) is 2.63. The van der Waals surface area contributed by atoms with Crippen LogP contribution >= 0.6 is 0 Å². The summed E-state index contributed by atoms with van der Waals surface area (Å²) in [4.78, 5) is 15.2. The van der Waals surface area contributed by atoms with Crippen molar-refractivity contribution in [2.45, 2.75) is 43.7 Å². The highest BCUT2D eigenvalue weighted by Crippen LogP contribution is 2.44. The number of carbonyl (C=O) groups excluding carboxylic acids is 1. The van der Waals surface area contributed by atoms with Gasteiger partial charge in [-0.1, -0.05) is 48.5 Å². The van der Waals surface area contributed by atoms with Gasteiger partial charge < -0.3 is 19.4 Å². The minimum atomic E-state index is -0.190. The number of aryl methyl sites for hydroxylation is 1. The predicted octanol–water partition coefficient (Wildman–Crippen LogP) is 4.98. The van der Waals surface area contributed by atoms with Gasteiger partial charge in [-0.05, 0) is 38.1 Å². The molecule has 1 aromatic heterocycles. The number of furan rings is 1. The van der Waals surface area contributed by atoms with Crippen molar-refractivity contribution >= 4 is 5.91 Å². The number of fused-ring (bicyclic) bond motifs is 1. The molecule has 3 heterocycles. The summed E-state index contributed by atoms with van der Waals surface area (Å²) in [5.41, 5.74) is 1.94. The lowest BCUT2D eigenvalue weighted by atomic mass is 9.80. The Balaban J connectivity index is 1.24. The van der Waals surface area contributed by atoms with E-state index in [2.05, 4.69) is 23.3 Å². The van der Waals surface area contributed by atoms with Crippen LogP contribution in [0.4, 0.5) is 0 Å². The van der Waals surface area contributed by atoms with Gasteiger partial charge in [0.15, 0.2) is 0 Å². The first-order valence-electron chi connectivity index (χ1n) is 11.5. The van der Waals surface area contributed by atoms with Crippen molar-refractivity contribution in [3.63, 3.8) is 0 Å². The molecule has 1 atom stereocenters.